The summed E-state index contributed by atoms with van der Waals surface area (Å²) in [6, 6.07) is 0. The first-order valence-electron chi connectivity index (χ1n) is 17.1. The summed E-state index contributed by atoms with van der Waals surface area (Å²) >= 11 is 0. The highest BCUT2D eigenvalue weighted by molar-refractivity contribution is 5.26. The monoisotopic (exact) mass is 623 g/mol. The minimum absolute atomic E-state index is 0.0271. The van der Waals surface area contributed by atoms with Gasteiger partial charge in [0.2, 0.25) is 0 Å². The zero-order valence-electron chi connectivity index (χ0n) is 27.2. The molecular formula is C34H57NO9. The molecule has 10 nitrogen and oxygen atoms in total. The molecule has 4 aliphatic carbocycles. The van der Waals surface area contributed by atoms with E-state index in [1.807, 2.05) is 0 Å². The van der Waals surface area contributed by atoms with Gasteiger partial charge in [-0.25, -0.2) is 0 Å². The van der Waals surface area contributed by atoms with Crippen LogP contribution in [0.1, 0.15) is 92.4 Å². The summed E-state index contributed by atoms with van der Waals surface area (Å²) < 4.78 is 12.4. The van der Waals surface area contributed by atoms with Gasteiger partial charge in [0.25, 0.3) is 0 Å². The van der Waals surface area contributed by atoms with Crippen LogP contribution < -0.4 is 5.32 Å². The van der Waals surface area contributed by atoms with Crippen LogP contribution in [-0.4, -0.2) is 109 Å². The van der Waals surface area contributed by atoms with Gasteiger partial charge in [-0.05, 0) is 114 Å². The summed E-state index contributed by atoms with van der Waals surface area (Å²) in [6.07, 6.45) is 1.46. The van der Waals surface area contributed by atoms with Crippen LogP contribution in [0, 0.1) is 34.5 Å². The molecule has 252 valence electrons. The number of hydrogen-bond acceptors (Lipinski definition) is 10. The second kappa shape index (κ2) is 11.2. The van der Waals surface area contributed by atoms with Gasteiger partial charge in [-0.1, -0.05) is 25.5 Å². The Morgan fingerprint density at radius 2 is 1.77 bits per heavy atom. The number of nitrogens with one attached hydrogen (secondary N) is 1. The molecule has 0 bridgehead atoms. The Morgan fingerprint density at radius 1 is 1.05 bits per heavy atom. The molecule has 0 aromatic heterocycles. The van der Waals surface area contributed by atoms with Crippen LogP contribution in [0.25, 0.3) is 0 Å². The first kappa shape index (κ1) is 33.2. The van der Waals surface area contributed by atoms with Crippen LogP contribution in [0.15, 0.2) is 11.6 Å². The zero-order chi connectivity index (χ0) is 32.0. The lowest BCUT2D eigenvalue weighted by Gasteiger charge is -2.59. The molecule has 2 aliphatic heterocycles. The molecule has 6 aliphatic rings. The topological polar surface area (TPSA) is 172 Å². The van der Waals surface area contributed by atoms with E-state index in [0.29, 0.717) is 24.8 Å². The molecule has 2 saturated heterocycles. The molecule has 6 rings (SSSR count). The number of aliphatic hydroxyl groups excluding tert-OH is 5. The molecule has 44 heavy (non-hydrogen) atoms. The fraction of sp³-hybridized carbons (Fsp3) is 0.941. The number of hydrogen-bond donors (Lipinski definition) is 8. The number of ether oxygens (including phenoxy) is 2. The van der Waals surface area contributed by atoms with Crippen molar-refractivity contribution in [2.24, 2.45) is 34.5 Å². The molecule has 3 saturated carbocycles. The van der Waals surface area contributed by atoms with Crippen molar-refractivity contribution in [1.29, 1.82) is 0 Å². The highest BCUT2D eigenvalue weighted by Gasteiger charge is 2.68. The Bertz CT molecular complexity index is 1110. The molecular weight excluding hydrogens is 566 g/mol. The molecule has 5 fully saturated rings. The van der Waals surface area contributed by atoms with Gasteiger partial charge in [0.05, 0.1) is 23.9 Å². The Labute approximate surface area is 261 Å². The molecule has 0 spiro atoms. The summed E-state index contributed by atoms with van der Waals surface area (Å²) in [5, 5.41) is 83.3. The summed E-state index contributed by atoms with van der Waals surface area (Å²) in [7, 11) is 0. The standard InChI is InChI=1S/C34H57NO9/c1-30-12-10-19(36)15-18(30)8-9-21-22(30)11-13-31(2)23(21)16-24(37)26(31)32(3,41)27(38)25-28(39)33(4,42)29(40)34(5,44-25)43-20-7-6-14-35-17-20/h8,19-29,35-42H,6-7,9-17H2,1-5H3. The fourth-order valence-electron chi connectivity index (χ4n) is 11.2. The van der Waals surface area contributed by atoms with Crippen molar-refractivity contribution < 1.29 is 45.2 Å². The Hall–Kier alpha value is -0.660. The average Bonchev–Trinajstić information content (AvgIpc) is 3.25. The molecule has 0 radical (unpaired) electrons. The second-order valence-electron chi connectivity index (χ2n) is 16.4. The van der Waals surface area contributed by atoms with Gasteiger partial charge in [-0.2, -0.15) is 0 Å². The van der Waals surface area contributed by atoms with Crippen molar-refractivity contribution in [2.45, 2.75) is 152 Å². The average molecular weight is 624 g/mol. The minimum Gasteiger partial charge on any atom is -0.393 e. The maximum atomic E-state index is 12.3. The van der Waals surface area contributed by atoms with E-state index < -0.39 is 58.8 Å². The predicted molar refractivity (Wildman–Crippen MR) is 162 cm³/mol. The van der Waals surface area contributed by atoms with Gasteiger partial charge >= 0.3 is 0 Å². The summed E-state index contributed by atoms with van der Waals surface area (Å²) in [4.78, 5) is 0. The molecule has 2 heterocycles. The van der Waals surface area contributed by atoms with E-state index in [4.69, 9.17) is 9.47 Å². The predicted octanol–water partition coefficient (Wildman–Crippen LogP) is 1.37. The molecule has 0 amide bonds. The molecule has 16 unspecified atom stereocenters. The number of fused-ring (bicyclic) bond motifs is 5. The van der Waals surface area contributed by atoms with Crippen molar-refractivity contribution in [2.75, 3.05) is 13.1 Å². The third-order valence-corrected chi connectivity index (χ3v) is 13.6. The van der Waals surface area contributed by atoms with E-state index in [0.717, 1.165) is 57.9 Å². The Kier molecular flexibility index (Phi) is 8.47. The van der Waals surface area contributed by atoms with Crippen LogP contribution in [0.2, 0.25) is 0 Å². The van der Waals surface area contributed by atoms with Crippen LogP contribution in [0.5, 0.6) is 0 Å². The van der Waals surface area contributed by atoms with Crippen molar-refractivity contribution >= 4 is 0 Å². The van der Waals surface area contributed by atoms with Gasteiger partial charge < -0.3 is 50.5 Å². The number of piperidine rings is 1. The van der Waals surface area contributed by atoms with Crippen LogP contribution in [0.4, 0.5) is 0 Å². The maximum Gasteiger partial charge on any atom is 0.195 e. The molecule has 0 aromatic rings. The zero-order valence-corrected chi connectivity index (χ0v) is 27.2. The third-order valence-electron chi connectivity index (χ3n) is 13.6. The van der Waals surface area contributed by atoms with Gasteiger partial charge in [0.15, 0.2) is 5.79 Å². The lowest BCUT2D eigenvalue weighted by molar-refractivity contribution is -0.400. The number of allylic oxidation sites excluding steroid dienone is 1. The molecule has 8 N–H and O–H groups in total. The highest BCUT2D eigenvalue weighted by atomic mass is 16.7. The van der Waals surface area contributed by atoms with Gasteiger partial charge in [0, 0.05) is 12.5 Å². The van der Waals surface area contributed by atoms with Crippen LogP contribution in [0.3, 0.4) is 0 Å². The van der Waals surface area contributed by atoms with Crippen LogP contribution in [-0.2, 0) is 9.47 Å². The Morgan fingerprint density at radius 3 is 2.45 bits per heavy atom. The number of rotatable bonds is 5. The van der Waals surface area contributed by atoms with Gasteiger partial charge in [-0.15, -0.1) is 0 Å². The van der Waals surface area contributed by atoms with E-state index in [9.17, 15) is 35.7 Å². The normalized spacial score (nSPS) is 54.8. The van der Waals surface area contributed by atoms with Crippen molar-refractivity contribution in [3.8, 4) is 0 Å². The maximum absolute atomic E-state index is 12.3. The van der Waals surface area contributed by atoms with Gasteiger partial charge in [-0.3, -0.25) is 0 Å². The quantitative estimate of drug-likeness (QED) is 0.209. The summed E-state index contributed by atoms with van der Waals surface area (Å²) in [5.41, 5.74) is -3.10. The largest absolute Gasteiger partial charge is 0.393 e. The van der Waals surface area contributed by atoms with E-state index in [2.05, 4.69) is 25.2 Å². The van der Waals surface area contributed by atoms with E-state index in [-0.39, 0.29) is 23.5 Å². The minimum atomic E-state index is -2.11. The van der Waals surface area contributed by atoms with Gasteiger partial charge in [0.1, 0.15) is 30.0 Å². The SMILES string of the molecule is CC1(OC2CCCNC2)OC(C(O)C(C)(O)C2C(O)CC3C4CC=C5CC(O)CCC5(C)C4CCC32C)C(O)C(C)(O)C1O. The molecule has 0 aromatic carbocycles. The highest BCUT2D eigenvalue weighted by Crippen LogP contribution is 2.68. The number of aliphatic hydroxyl groups is 7. The first-order valence-corrected chi connectivity index (χ1v) is 17.1. The van der Waals surface area contributed by atoms with E-state index in [1.165, 1.54) is 26.3 Å². The lowest BCUT2D eigenvalue weighted by atomic mass is 9.46. The lowest BCUT2D eigenvalue weighted by Crippen LogP contribution is -2.74. The smallest absolute Gasteiger partial charge is 0.195 e. The fourth-order valence-corrected chi connectivity index (χ4v) is 11.2. The summed E-state index contributed by atoms with van der Waals surface area (Å²) in [5.74, 6) is -1.61. The third kappa shape index (κ3) is 4.97. The van der Waals surface area contributed by atoms with Crippen molar-refractivity contribution in [3.63, 3.8) is 0 Å². The summed E-state index contributed by atoms with van der Waals surface area (Å²) in [6.45, 7) is 10.2. The Balaban J connectivity index is 1.27. The van der Waals surface area contributed by atoms with Crippen LogP contribution >= 0.6 is 0 Å². The second-order valence-corrected chi connectivity index (χ2v) is 16.4. The van der Waals surface area contributed by atoms with E-state index in [1.54, 1.807) is 0 Å². The molecule has 16 atom stereocenters. The molecule has 10 heteroatoms. The first-order chi connectivity index (χ1) is 20.5. The van der Waals surface area contributed by atoms with Crippen molar-refractivity contribution in [3.05, 3.63) is 11.6 Å². The van der Waals surface area contributed by atoms with Crippen molar-refractivity contribution in [1.82, 2.24) is 5.32 Å². The van der Waals surface area contributed by atoms with E-state index >= 15 is 0 Å².